The van der Waals surface area contributed by atoms with Gasteiger partial charge < -0.3 is 20.0 Å². The highest BCUT2D eigenvalue weighted by atomic mass is 16.3. The zero-order valence-electron chi connectivity index (χ0n) is 28.4. The topological polar surface area (TPSA) is 40.4 Å². The molecular formula is C48H35N3O. The van der Waals surface area contributed by atoms with E-state index in [1.165, 1.54) is 10.8 Å². The van der Waals surface area contributed by atoms with Crippen molar-refractivity contribution in [2.24, 2.45) is 0 Å². The van der Waals surface area contributed by atoms with E-state index in [4.69, 9.17) is 4.42 Å². The van der Waals surface area contributed by atoms with Gasteiger partial charge in [0.05, 0.1) is 23.5 Å². The van der Waals surface area contributed by atoms with E-state index in [0.717, 1.165) is 72.6 Å². The molecule has 0 spiro atoms. The van der Waals surface area contributed by atoms with Crippen molar-refractivity contribution in [3.05, 3.63) is 199 Å². The molecule has 2 heterocycles. The maximum atomic E-state index is 6.79. The van der Waals surface area contributed by atoms with Gasteiger partial charge in [-0.15, -0.1) is 0 Å². The SMILES string of the molecule is C1=CC2NC(c3ccccc3)=C(c3ccc(-c4ccc(N(c5ccccc5)c5ccc6ccccc6c5)cc4)c4c3oc3ccccc34)NC2C=C1. The molecule has 248 valence electrons. The molecule has 0 saturated heterocycles. The van der Waals surface area contributed by atoms with Gasteiger partial charge in [-0.1, -0.05) is 140 Å². The maximum absolute atomic E-state index is 6.79. The average Bonchev–Trinajstić information content (AvgIpc) is 3.61. The highest BCUT2D eigenvalue weighted by Crippen LogP contribution is 2.43. The van der Waals surface area contributed by atoms with Crippen LogP contribution in [0.4, 0.5) is 17.1 Å². The highest BCUT2D eigenvalue weighted by molar-refractivity contribution is 6.16. The fraction of sp³-hybridized carbons (Fsp3) is 0.0417. The Balaban J connectivity index is 1.12. The first kappa shape index (κ1) is 30.1. The van der Waals surface area contributed by atoms with Crippen LogP contribution in [-0.4, -0.2) is 12.1 Å². The third kappa shape index (κ3) is 5.16. The van der Waals surface area contributed by atoms with Gasteiger partial charge in [-0.25, -0.2) is 0 Å². The summed E-state index contributed by atoms with van der Waals surface area (Å²) >= 11 is 0. The van der Waals surface area contributed by atoms with Crippen molar-refractivity contribution in [1.82, 2.24) is 10.6 Å². The lowest BCUT2D eigenvalue weighted by atomic mass is 9.91. The summed E-state index contributed by atoms with van der Waals surface area (Å²) in [5.41, 5.74) is 11.6. The average molecular weight is 670 g/mol. The summed E-state index contributed by atoms with van der Waals surface area (Å²) < 4.78 is 6.79. The fourth-order valence-electron chi connectivity index (χ4n) is 7.80. The van der Waals surface area contributed by atoms with E-state index >= 15 is 0 Å². The van der Waals surface area contributed by atoms with E-state index in [9.17, 15) is 0 Å². The van der Waals surface area contributed by atoms with E-state index in [1.54, 1.807) is 0 Å². The summed E-state index contributed by atoms with van der Waals surface area (Å²) in [4.78, 5) is 2.32. The van der Waals surface area contributed by atoms with Gasteiger partial charge in [0, 0.05) is 33.4 Å². The van der Waals surface area contributed by atoms with Crippen molar-refractivity contribution in [3.63, 3.8) is 0 Å². The molecular weight excluding hydrogens is 635 g/mol. The van der Waals surface area contributed by atoms with Gasteiger partial charge in [0.25, 0.3) is 0 Å². The Kier molecular flexibility index (Phi) is 7.24. The molecule has 10 rings (SSSR count). The van der Waals surface area contributed by atoms with E-state index in [-0.39, 0.29) is 12.1 Å². The molecule has 8 aromatic rings. The van der Waals surface area contributed by atoms with Crippen LogP contribution >= 0.6 is 0 Å². The Morgan fingerprint density at radius 1 is 0.462 bits per heavy atom. The Hall–Kier alpha value is -6.78. The number of furan rings is 1. The second kappa shape index (κ2) is 12.5. The summed E-state index contributed by atoms with van der Waals surface area (Å²) in [6.07, 6.45) is 8.67. The summed E-state index contributed by atoms with van der Waals surface area (Å²) in [5, 5.41) is 12.4. The summed E-state index contributed by atoms with van der Waals surface area (Å²) in [6, 6.07) is 58.4. The minimum Gasteiger partial charge on any atom is -0.455 e. The second-order valence-electron chi connectivity index (χ2n) is 13.4. The van der Waals surface area contributed by atoms with E-state index in [0.29, 0.717) is 0 Å². The zero-order valence-corrected chi connectivity index (χ0v) is 28.4. The highest BCUT2D eigenvalue weighted by Gasteiger charge is 2.30. The summed E-state index contributed by atoms with van der Waals surface area (Å²) in [6.45, 7) is 0. The van der Waals surface area contributed by atoms with Gasteiger partial charge in [-0.05, 0) is 76.0 Å². The van der Waals surface area contributed by atoms with Gasteiger partial charge in [0.2, 0.25) is 0 Å². The number of hydrogen-bond donors (Lipinski definition) is 2. The normalized spacial score (nSPS) is 16.5. The van der Waals surface area contributed by atoms with Crippen molar-refractivity contribution < 1.29 is 4.42 Å². The molecule has 2 unspecified atom stereocenters. The minimum atomic E-state index is 0.120. The molecule has 0 fully saturated rings. The molecule has 4 nitrogen and oxygen atoms in total. The van der Waals surface area contributed by atoms with Crippen molar-refractivity contribution in [3.8, 4) is 11.1 Å². The number of allylic oxidation sites excluding steroid dienone is 2. The summed E-state index contributed by atoms with van der Waals surface area (Å²) in [5.74, 6) is 0. The molecule has 1 aromatic heterocycles. The lowest BCUT2D eigenvalue weighted by molar-refractivity contribution is 0.554. The Bertz CT molecular complexity index is 2690. The number of anilines is 3. The smallest absolute Gasteiger partial charge is 0.145 e. The van der Waals surface area contributed by atoms with Crippen LogP contribution in [0.5, 0.6) is 0 Å². The van der Waals surface area contributed by atoms with Crippen molar-refractivity contribution in [1.29, 1.82) is 0 Å². The first-order chi connectivity index (χ1) is 25.8. The van der Waals surface area contributed by atoms with Crippen LogP contribution in [0, 0.1) is 0 Å². The number of para-hydroxylation sites is 2. The monoisotopic (exact) mass is 669 g/mol. The Morgan fingerprint density at radius 3 is 1.87 bits per heavy atom. The van der Waals surface area contributed by atoms with Crippen molar-refractivity contribution >= 4 is 61.2 Å². The van der Waals surface area contributed by atoms with Crippen LogP contribution < -0.4 is 15.5 Å². The molecule has 4 heteroatoms. The zero-order chi connectivity index (χ0) is 34.4. The quantitative estimate of drug-likeness (QED) is 0.185. The van der Waals surface area contributed by atoms with Crippen molar-refractivity contribution in [2.45, 2.75) is 12.1 Å². The Morgan fingerprint density at radius 2 is 1.08 bits per heavy atom. The third-order valence-corrected chi connectivity index (χ3v) is 10.3. The standard InChI is InChI=1S/C48H35N3O/c1-3-14-34(15-4-1)46-47(50-43-21-11-10-20-42(43)49-46)41-30-29-39(45-40-19-9-12-22-44(40)52-48(41)45)33-24-26-37(27-25-33)51(36-17-5-2-6-18-36)38-28-23-32-13-7-8-16-35(32)31-38/h1-31,42-43,49-50H. The first-order valence-electron chi connectivity index (χ1n) is 17.9. The van der Waals surface area contributed by atoms with E-state index in [1.807, 2.05) is 6.07 Å². The molecule has 0 amide bonds. The molecule has 0 bridgehead atoms. The van der Waals surface area contributed by atoms with Gasteiger partial charge in [-0.2, -0.15) is 0 Å². The van der Waals surface area contributed by atoms with Crippen LogP contribution in [0.1, 0.15) is 11.1 Å². The molecule has 1 aliphatic carbocycles. The fourth-order valence-corrected chi connectivity index (χ4v) is 7.80. The largest absolute Gasteiger partial charge is 0.455 e. The van der Waals surface area contributed by atoms with Crippen LogP contribution in [0.25, 0.3) is 55.2 Å². The molecule has 1 aliphatic heterocycles. The second-order valence-corrected chi connectivity index (χ2v) is 13.4. The van der Waals surface area contributed by atoms with E-state index in [2.05, 4.69) is 198 Å². The maximum Gasteiger partial charge on any atom is 0.145 e. The van der Waals surface area contributed by atoms with Gasteiger partial charge >= 0.3 is 0 Å². The van der Waals surface area contributed by atoms with Crippen LogP contribution in [0.15, 0.2) is 193 Å². The molecule has 0 radical (unpaired) electrons. The van der Waals surface area contributed by atoms with Crippen LogP contribution in [0.2, 0.25) is 0 Å². The number of nitrogens with one attached hydrogen (secondary N) is 2. The van der Waals surface area contributed by atoms with E-state index < -0.39 is 0 Å². The first-order valence-corrected chi connectivity index (χ1v) is 17.9. The van der Waals surface area contributed by atoms with Crippen LogP contribution in [0.3, 0.4) is 0 Å². The number of benzene rings is 7. The van der Waals surface area contributed by atoms with Gasteiger partial charge in [-0.3, -0.25) is 0 Å². The number of hydrogen-bond acceptors (Lipinski definition) is 4. The molecule has 2 aliphatic rings. The molecule has 7 aromatic carbocycles. The predicted molar refractivity (Wildman–Crippen MR) is 217 cm³/mol. The number of rotatable bonds is 6. The molecule has 2 atom stereocenters. The van der Waals surface area contributed by atoms with Gasteiger partial charge in [0.15, 0.2) is 0 Å². The number of nitrogens with zero attached hydrogens (tertiary/aromatic N) is 1. The third-order valence-electron chi connectivity index (χ3n) is 10.3. The van der Waals surface area contributed by atoms with Crippen LogP contribution in [-0.2, 0) is 0 Å². The predicted octanol–water partition coefficient (Wildman–Crippen LogP) is 11.8. The van der Waals surface area contributed by atoms with Crippen molar-refractivity contribution in [2.75, 3.05) is 4.90 Å². The Labute approximate surface area is 302 Å². The minimum absolute atomic E-state index is 0.120. The van der Waals surface area contributed by atoms with Gasteiger partial charge in [0.1, 0.15) is 11.2 Å². The molecule has 2 N–H and O–H groups in total. The molecule has 0 saturated carbocycles. The summed E-state index contributed by atoms with van der Waals surface area (Å²) in [7, 11) is 0. The molecule has 52 heavy (non-hydrogen) atoms. The lowest BCUT2D eigenvalue weighted by Crippen LogP contribution is -2.50. The number of fused-ring (bicyclic) bond motifs is 5. The lowest BCUT2D eigenvalue weighted by Gasteiger charge is -2.36.